The number of carbonyl (C=O) groups is 3. The molecule has 0 bridgehead atoms. The minimum Gasteiger partial charge on any atom is -0.467 e. The normalized spacial score (nSPS) is 13.8. The molecule has 1 N–H and O–H groups in total. The van der Waals surface area contributed by atoms with Crippen LogP contribution in [-0.4, -0.2) is 30.8 Å². The number of ether oxygens (including phenoxy) is 1. The summed E-state index contributed by atoms with van der Waals surface area (Å²) in [7, 11) is 1.07. The van der Waals surface area contributed by atoms with Crippen molar-refractivity contribution in [1.82, 2.24) is 0 Å². The van der Waals surface area contributed by atoms with E-state index in [0.29, 0.717) is 0 Å². The molecule has 0 fully saturated rings. The van der Waals surface area contributed by atoms with E-state index in [1.165, 1.54) is 12.1 Å². The number of methoxy groups -OCH3 is 1. The number of hydrogen-bond acceptors (Lipinski definition) is 5. The highest BCUT2D eigenvalue weighted by Gasteiger charge is 2.46. The van der Waals surface area contributed by atoms with Gasteiger partial charge in [-0.15, -0.1) is 0 Å². The lowest BCUT2D eigenvalue weighted by Crippen LogP contribution is -2.45. The molecule has 1 unspecified atom stereocenters. The van der Waals surface area contributed by atoms with Crippen LogP contribution >= 0.6 is 0 Å². The maximum absolute atomic E-state index is 11.6. The average Bonchev–Trinajstić information content (AvgIpc) is 2.39. The molecule has 90 valence electrons. The third-order valence-electron chi connectivity index (χ3n) is 2.49. The van der Waals surface area contributed by atoms with Crippen LogP contribution in [0.3, 0.4) is 0 Å². The van der Waals surface area contributed by atoms with E-state index in [-0.39, 0.29) is 18.1 Å². The van der Waals surface area contributed by atoms with Gasteiger partial charge in [-0.1, -0.05) is 30.3 Å². The summed E-state index contributed by atoms with van der Waals surface area (Å²) in [6, 6.07) is 7.72. The van der Waals surface area contributed by atoms with Crippen molar-refractivity contribution >= 4 is 18.5 Å². The first-order valence-corrected chi connectivity index (χ1v) is 4.88. The second-order valence-electron chi connectivity index (χ2n) is 3.42. The molecule has 1 rings (SSSR count). The minimum atomic E-state index is -2.28. The molecule has 0 amide bonds. The molecule has 0 aliphatic rings. The molecular formula is C12H12O5. The number of esters is 1. The molecule has 1 atom stereocenters. The van der Waals surface area contributed by atoms with Gasteiger partial charge in [-0.2, -0.15) is 0 Å². The van der Waals surface area contributed by atoms with E-state index in [9.17, 15) is 19.5 Å². The number of carbonyl (C=O) groups excluding carboxylic acids is 3. The molecule has 5 heteroatoms. The van der Waals surface area contributed by atoms with Crippen molar-refractivity contribution in [3.8, 4) is 0 Å². The lowest BCUT2D eigenvalue weighted by atomic mass is 9.83. The molecule has 0 aliphatic heterocycles. The molecular weight excluding hydrogens is 224 g/mol. The summed E-state index contributed by atoms with van der Waals surface area (Å²) in [4.78, 5) is 33.2. The van der Waals surface area contributed by atoms with Crippen molar-refractivity contribution in [1.29, 1.82) is 0 Å². The molecule has 0 saturated heterocycles. The fourth-order valence-corrected chi connectivity index (χ4v) is 1.52. The molecule has 0 saturated carbocycles. The Balaban J connectivity index is 3.33. The Hall–Kier alpha value is -2.01. The fraction of sp³-hybridized carbons (Fsp3) is 0.250. The average molecular weight is 236 g/mol. The smallest absolute Gasteiger partial charge is 0.343 e. The van der Waals surface area contributed by atoms with Crippen molar-refractivity contribution in [3.63, 3.8) is 0 Å². The van der Waals surface area contributed by atoms with Crippen LogP contribution in [0.2, 0.25) is 0 Å². The Kier molecular flexibility index (Phi) is 4.12. The first-order valence-electron chi connectivity index (χ1n) is 4.88. The minimum absolute atomic E-state index is 0.135. The number of aldehydes is 2. The number of hydrogen-bond donors (Lipinski definition) is 1. The molecule has 5 nitrogen and oxygen atoms in total. The third-order valence-corrected chi connectivity index (χ3v) is 2.49. The van der Waals surface area contributed by atoms with Gasteiger partial charge in [0.1, 0.15) is 18.5 Å². The zero-order valence-corrected chi connectivity index (χ0v) is 9.20. The zero-order valence-electron chi connectivity index (χ0n) is 9.20. The van der Waals surface area contributed by atoms with Crippen LogP contribution < -0.4 is 0 Å². The van der Waals surface area contributed by atoms with Crippen LogP contribution in [0.5, 0.6) is 0 Å². The van der Waals surface area contributed by atoms with Gasteiger partial charge in [-0.3, -0.25) is 0 Å². The van der Waals surface area contributed by atoms with Gasteiger partial charge in [0.05, 0.1) is 7.11 Å². The van der Waals surface area contributed by atoms with Crippen molar-refractivity contribution in [2.75, 3.05) is 7.11 Å². The van der Waals surface area contributed by atoms with Crippen LogP contribution in [0.25, 0.3) is 0 Å². The van der Waals surface area contributed by atoms with E-state index >= 15 is 0 Å². The largest absolute Gasteiger partial charge is 0.467 e. The topological polar surface area (TPSA) is 80.7 Å². The van der Waals surface area contributed by atoms with Gasteiger partial charge in [0.2, 0.25) is 5.60 Å². The van der Waals surface area contributed by atoms with E-state index < -0.39 is 17.5 Å². The van der Waals surface area contributed by atoms with Crippen molar-refractivity contribution in [2.45, 2.75) is 5.60 Å². The summed E-state index contributed by atoms with van der Waals surface area (Å²) in [6.07, 6.45) is 0.438. The van der Waals surface area contributed by atoms with Crippen molar-refractivity contribution in [3.05, 3.63) is 35.9 Å². The van der Waals surface area contributed by atoms with Gasteiger partial charge in [0.15, 0.2) is 0 Å². The van der Waals surface area contributed by atoms with Gasteiger partial charge in [-0.25, -0.2) is 4.79 Å². The molecule has 1 aromatic rings. The van der Waals surface area contributed by atoms with Crippen LogP contribution in [0.4, 0.5) is 0 Å². The van der Waals surface area contributed by atoms with Gasteiger partial charge in [-0.05, 0) is 5.56 Å². The van der Waals surface area contributed by atoms with E-state index in [0.717, 1.165) is 7.11 Å². The van der Waals surface area contributed by atoms with Crippen molar-refractivity contribution < 1.29 is 24.2 Å². The third kappa shape index (κ3) is 2.24. The molecule has 1 aromatic carbocycles. The second kappa shape index (κ2) is 5.36. The monoisotopic (exact) mass is 236 g/mol. The number of aliphatic hydroxyl groups is 1. The van der Waals surface area contributed by atoms with Crippen LogP contribution in [-0.2, 0) is 24.7 Å². The molecule has 0 spiro atoms. The summed E-state index contributed by atoms with van der Waals surface area (Å²) in [5, 5.41) is 10.3. The van der Waals surface area contributed by atoms with Crippen LogP contribution in [0, 0.1) is 5.92 Å². The van der Waals surface area contributed by atoms with E-state index in [4.69, 9.17) is 0 Å². The lowest BCUT2D eigenvalue weighted by Gasteiger charge is -2.27. The van der Waals surface area contributed by atoms with Crippen LogP contribution in [0.15, 0.2) is 30.3 Å². The van der Waals surface area contributed by atoms with Gasteiger partial charge < -0.3 is 19.4 Å². The van der Waals surface area contributed by atoms with Gasteiger partial charge in [0, 0.05) is 0 Å². The van der Waals surface area contributed by atoms with E-state index in [1.54, 1.807) is 18.2 Å². The molecule has 0 heterocycles. The Bertz CT molecular complexity index is 406. The first-order chi connectivity index (χ1) is 8.11. The summed E-state index contributed by atoms with van der Waals surface area (Å²) < 4.78 is 4.45. The summed E-state index contributed by atoms with van der Waals surface area (Å²) in [5.74, 6) is -2.55. The summed E-state index contributed by atoms with van der Waals surface area (Å²) in [6.45, 7) is 0. The lowest BCUT2D eigenvalue weighted by molar-refractivity contribution is -0.172. The molecule has 17 heavy (non-hydrogen) atoms. The Morgan fingerprint density at radius 2 is 1.82 bits per heavy atom. The Labute approximate surface area is 98.0 Å². The Morgan fingerprint density at radius 1 is 1.29 bits per heavy atom. The highest BCUT2D eigenvalue weighted by Crippen LogP contribution is 2.29. The molecule has 0 aliphatic carbocycles. The second-order valence-corrected chi connectivity index (χ2v) is 3.42. The number of rotatable bonds is 5. The highest BCUT2D eigenvalue weighted by molar-refractivity contribution is 5.92. The van der Waals surface area contributed by atoms with E-state index in [2.05, 4.69) is 4.74 Å². The summed E-state index contributed by atoms with van der Waals surface area (Å²) >= 11 is 0. The number of benzene rings is 1. The quantitative estimate of drug-likeness (QED) is 0.444. The summed E-state index contributed by atoms with van der Waals surface area (Å²) in [5.41, 5.74) is -2.14. The fourth-order valence-electron chi connectivity index (χ4n) is 1.52. The highest BCUT2D eigenvalue weighted by atomic mass is 16.5. The maximum atomic E-state index is 11.6. The van der Waals surface area contributed by atoms with Gasteiger partial charge >= 0.3 is 5.97 Å². The Morgan fingerprint density at radius 3 is 2.24 bits per heavy atom. The SMILES string of the molecule is COC(=O)C(O)(c1ccccc1)C(C=O)C=O. The van der Waals surface area contributed by atoms with Crippen LogP contribution in [0.1, 0.15) is 5.56 Å². The zero-order chi connectivity index (χ0) is 12.9. The predicted octanol–water partition coefficient (Wildman–Crippen LogP) is 0.0612. The standard InChI is InChI=1S/C12H12O5/c1-17-11(15)12(16,10(7-13)8-14)9-5-3-2-4-6-9/h2-8,10,16H,1H3. The first kappa shape index (κ1) is 13.1. The predicted molar refractivity (Wildman–Crippen MR) is 58.0 cm³/mol. The maximum Gasteiger partial charge on any atom is 0.343 e. The molecule has 0 radical (unpaired) electrons. The van der Waals surface area contributed by atoms with Crippen molar-refractivity contribution in [2.24, 2.45) is 5.92 Å². The van der Waals surface area contributed by atoms with E-state index in [1.807, 2.05) is 0 Å². The molecule has 0 aromatic heterocycles. The van der Waals surface area contributed by atoms with Gasteiger partial charge in [0.25, 0.3) is 0 Å².